The van der Waals surface area contributed by atoms with Crippen molar-refractivity contribution in [2.75, 3.05) is 11.1 Å². The summed E-state index contributed by atoms with van der Waals surface area (Å²) in [5.41, 5.74) is 7.07. The summed E-state index contributed by atoms with van der Waals surface area (Å²) in [7, 11) is 0. The fourth-order valence-electron chi connectivity index (χ4n) is 0.813. The van der Waals surface area contributed by atoms with Gasteiger partial charge in [0.2, 0.25) is 0 Å². The first-order valence-corrected chi connectivity index (χ1v) is 3.37. The zero-order chi connectivity index (χ0) is 8.27. The summed E-state index contributed by atoms with van der Waals surface area (Å²) in [5.74, 6) is 0.392. The molecule has 0 unspecified atom stereocenters. The molecule has 0 radical (unpaired) electrons. The van der Waals surface area contributed by atoms with Crippen LogP contribution in [0.1, 0.15) is 6.92 Å². The van der Waals surface area contributed by atoms with E-state index in [0.717, 1.165) is 5.69 Å². The van der Waals surface area contributed by atoms with E-state index < -0.39 is 0 Å². The van der Waals surface area contributed by atoms with Gasteiger partial charge in [-0.15, -0.1) is 0 Å². The van der Waals surface area contributed by atoms with Crippen LogP contribution in [0.2, 0.25) is 0 Å². The molecule has 3 nitrogen and oxygen atoms in total. The number of hydrogen-bond donors (Lipinski definition) is 3. The molecule has 0 amide bonds. The van der Waals surface area contributed by atoms with E-state index in [-0.39, 0.29) is 0 Å². The number of anilines is 2. The molecule has 0 atom stereocenters. The Kier molecular flexibility index (Phi) is 2.11. The van der Waals surface area contributed by atoms with Crippen molar-refractivity contribution in [2.45, 2.75) is 6.92 Å². The number of para-hydroxylation sites is 2. The first-order valence-electron chi connectivity index (χ1n) is 3.37. The van der Waals surface area contributed by atoms with Gasteiger partial charge in [0.05, 0.1) is 17.2 Å². The van der Waals surface area contributed by atoms with Crippen LogP contribution in [-0.4, -0.2) is 5.84 Å². The standard InChI is InChI=1S/C8H11N3/c1-6(9)11-8-5-3-2-4-7(8)10/h2-5H,10H2,1H3,(H2,9,11). The van der Waals surface area contributed by atoms with Crippen molar-refractivity contribution in [1.82, 2.24) is 0 Å². The molecule has 11 heavy (non-hydrogen) atoms. The highest BCUT2D eigenvalue weighted by Gasteiger charge is 1.94. The minimum Gasteiger partial charge on any atom is -0.397 e. The van der Waals surface area contributed by atoms with Gasteiger partial charge in [0.1, 0.15) is 0 Å². The lowest BCUT2D eigenvalue weighted by molar-refractivity contribution is 1.44. The summed E-state index contributed by atoms with van der Waals surface area (Å²) in [5, 5.41) is 9.99. The summed E-state index contributed by atoms with van der Waals surface area (Å²) in [6.45, 7) is 1.67. The van der Waals surface area contributed by atoms with Crippen molar-refractivity contribution in [1.29, 1.82) is 5.41 Å². The maximum Gasteiger partial charge on any atom is 0.0944 e. The SMILES string of the molecule is CC(=N)Nc1ccccc1N. The predicted octanol–water partition coefficient (Wildman–Crippen LogP) is 1.68. The van der Waals surface area contributed by atoms with Crippen LogP contribution in [-0.2, 0) is 0 Å². The Balaban J connectivity index is 2.86. The van der Waals surface area contributed by atoms with Gasteiger partial charge in [0, 0.05) is 0 Å². The van der Waals surface area contributed by atoms with Gasteiger partial charge in [-0.1, -0.05) is 12.1 Å². The van der Waals surface area contributed by atoms with Crippen molar-refractivity contribution >= 4 is 17.2 Å². The molecule has 0 heterocycles. The number of rotatable bonds is 1. The minimum absolute atomic E-state index is 0.392. The Morgan fingerprint density at radius 2 is 2.09 bits per heavy atom. The summed E-state index contributed by atoms with van der Waals surface area (Å²) in [6, 6.07) is 7.38. The minimum atomic E-state index is 0.392. The number of nitrogen functional groups attached to an aromatic ring is 1. The quantitative estimate of drug-likeness (QED) is 0.323. The Hall–Kier alpha value is -1.51. The molecule has 0 saturated heterocycles. The van der Waals surface area contributed by atoms with Gasteiger partial charge in [-0.25, -0.2) is 0 Å². The lowest BCUT2D eigenvalue weighted by atomic mass is 10.3. The van der Waals surface area contributed by atoms with Gasteiger partial charge < -0.3 is 11.1 Å². The summed E-state index contributed by atoms with van der Waals surface area (Å²) >= 11 is 0. The molecule has 0 aliphatic carbocycles. The second-order valence-corrected chi connectivity index (χ2v) is 2.34. The monoisotopic (exact) mass is 149 g/mol. The zero-order valence-corrected chi connectivity index (χ0v) is 6.39. The molecular weight excluding hydrogens is 138 g/mol. The maximum absolute atomic E-state index is 7.16. The van der Waals surface area contributed by atoms with E-state index in [1.54, 1.807) is 13.0 Å². The molecule has 0 aliphatic rings. The Bertz CT molecular complexity index is 268. The smallest absolute Gasteiger partial charge is 0.0944 e. The molecule has 1 aromatic rings. The van der Waals surface area contributed by atoms with Gasteiger partial charge in [-0.2, -0.15) is 0 Å². The van der Waals surface area contributed by atoms with Crippen molar-refractivity contribution < 1.29 is 0 Å². The first kappa shape index (κ1) is 7.60. The summed E-state index contributed by atoms with van der Waals surface area (Å²) in [6.07, 6.45) is 0. The second-order valence-electron chi connectivity index (χ2n) is 2.34. The molecule has 0 spiro atoms. The summed E-state index contributed by atoms with van der Waals surface area (Å²) < 4.78 is 0. The Morgan fingerprint density at radius 1 is 1.45 bits per heavy atom. The molecule has 0 aliphatic heterocycles. The second kappa shape index (κ2) is 3.05. The zero-order valence-electron chi connectivity index (χ0n) is 6.39. The molecule has 0 saturated carbocycles. The van der Waals surface area contributed by atoms with Gasteiger partial charge in [0.25, 0.3) is 0 Å². The highest BCUT2D eigenvalue weighted by atomic mass is 14.9. The Morgan fingerprint density at radius 3 is 2.64 bits per heavy atom. The highest BCUT2D eigenvalue weighted by Crippen LogP contribution is 2.15. The normalized spacial score (nSPS) is 9.18. The van der Waals surface area contributed by atoms with Crippen molar-refractivity contribution in [2.24, 2.45) is 0 Å². The van der Waals surface area contributed by atoms with Crippen LogP contribution in [0.5, 0.6) is 0 Å². The van der Waals surface area contributed by atoms with E-state index in [2.05, 4.69) is 5.32 Å². The van der Waals surface area contributed by atoms with Crippen molar-refractivity contribution in [3.63, 3.8) is 0 Å². The fraction of sp³-hybridized carbons (Fsp3) is 0.125. The molecule has 0 bridgehead atoms. The molecule has 0 aromatic heterocycles. The molecule has 58 valence electrons. The Labute approximate surface area is 65.7 Å². The van der Waals surface area contributed by atoms with E-state index in [1.165, 1.54) is 0 Å². The van der Waals surface area contributed by atoms with Gasteiger partial charge >= 0.3 is 0 Å². The lowest BCUT2D eigenvalue weighted by Gasteiger charge is -2.05. The number of hydrogen-bond acceptors (Lipinski definition) is 2. The van der Waals surface area contributed by atoms with Crippen LogP contribution >= 0.6 is 0 Å². The van der Waals surface area contributed by atoms with Crippen LogP contribution in [0, 0.1) is 5.41 Å². The number of nitrogens with one attached hydrogen (secondary N) is 2. The largest absolute Gasteiger partial charge is 0.397 e. The molecule has 1 aromatic carbocycles. The van der Waals surface area contributed by atoms with Crippen molar-refractivity contribution in [3.05, 3.63) is 24.3 Å². The van der Waals surface area contributed by atoms with Crippen LogP contribution in [0.15, 0.2) is 24.3 Å². The average molecular weight is 149 g/mol. The predicted molar refractivity (Wildman–Crippen MR) is 47.9 cm³/mol. The van der Waals surface area contributed by atoms with Crippen LogP contribution in [0.3, 0.4) is 0 Å². The van der Waals surface area contributed by atoms with Crippen LogP contribution in [0.4, 0.5) is 11.4 Å². The van der Waals surface area contributed by atoms with E-state index >= 15 is 0 Å². The molecule has 3 heteroatoms. The highest BCUT2D eigenvalue weighted by molar-refractivity contribution is 5.93. The van der Waals surface area contributed by atoms with Gasteiger partial charge in [-0.3, -0.25) is 5.41 Å². The van der Waals surface area contributed by atoms with E-state index in [0.29, 0.717) is 11.5 Å². The molecule has 0 fully saturated rings. The van der Waals surface area contributed by atoms with Crippen LogP contribution < -0.4 is 11.1 Å². The summed E-state index contributed by atoms with van der Waals surface area (Å²) in [4.78, 5) is 0. The van der Waals surface area contributed by atoms with Crippen molar-refractivity contribution in [3.8, 4) is 0 Å². The molecule has 1 rings (SSSR count). The number of benzene rings is 1. The van der Waals surface area contributed by atoms with E-state index in [9.17, 15) is 0 Å². The number of nitrogens with two attached hydrogens (primary N) is 1. The topological polar surface area (TPSA) is 61.9 Å². The maximum atomic E-state index is 7.16. The molecular formula is C8H11N3. The first-order chi connectivity index (χ1) is 5.20. The molecule has 4 N–H and O–H groups in total. The third kappa shape index (κ3) is 1.97. The van der Waals surface area contributed by atoms with E-state index in [1.807, 2.05) is 18.2 Å². The average Bonchev–Trinajstić information content (AvgIpc) is 1.93. The number of amidine groups is 1. The lowest BCUT2D eigenvalue weighted by Crippen LogP contribution is -2.06. The van der Waals surface area contributed by atoms with Crippen LogP contribution in [0.25, 0.3) is 0 Å². The third-order valence-corrected chi connectivity index (χ3v) is 1.28. The van der Waals surface area contributed by atoms with Gasteiger partial charge in [-0.05, 0) is 19.1 Å². The fourth-order valence-corrected chi connectivity index (χ4v) is 0.813. The third-order valence-electron chi connectivity index (χ3n) is 1.28. The van der Waals surface area contributed by atoms with E-state index in [4.69, 9.17) is 11.1 Å². The van der Waals surface area contributed by atoms with Gasteiger partial charge in [0.15, 0.2) is 0 Å².